The van der Waals surface area contributed by atoms with E-state index in [2.05, 4.69) is 0 Å². The Hall–Kier alpha value is -1.000. The average Bonchev–Trinajstić information content (AvgIpc) is 2.20. The van der Waals surface area contributed by atoms with Gasteiger partial charge in [-0.05, 0) is 30.7 Å². The first-order valence-electron chi connectivity index (χ1n) is 4.66. The summed E-state index contributed by atoms with van der Waals surface area (Å²) in [5.74, 6) is -0.912. The summed E-state index contributed by atoms with van der Waals surface area (Å²) in [6.07, 6.45) is 0. The molecule has 0 aliphatic rings. The quantitative estimate of drug-likeness (QED) is 0.772. The maximum absolute atomic E-state index is 10.7. The van der Waals surface area contributed by atoms with E-state index in [1.807, 2.05) is 13.8 Å². The van der Waals surface area contributed by atoms with Gasteiger partial charge in [0.1, 0.15) is 0 Å². The minimum atomic E-state index is -0.912. The van der Waals surface area contributed by atoms with Crippen molar-refractivity contribution in [3.05, 3.63) is 29.3 Å². The number of carbonyl (C=O) groups is 1. The SMILES string of the molecule is Cc1cc(C(=O)O)ccc1SC(C)CO. The first kappa shape index (κ1) is 12.1. The fourth-order valence-electron chi connectivity index (χ4n) is 1.17. The number of aliphatic hydroxyl groups excluding tert-OH is 1. The van der Waals surface area contributed by atoms with Crippen LogP contribution in [0.5, 0.6) is 0 Å². The second-order valence-electron chi connectivity index (χ2n) is 3.40. The van der Waals surface area contributed by atoms with E-state index >= 15 is 0 Å². The zero-order valence-electron chi connectivity index (χ0n) is 8.73. The molecular weight excluding hydrogens is 212 g/mol. The van der Waals surface area contributed by atoms with Gasteiger partial charge in [0.15, 0.2) is 0 Å². The van der Waals surface area contributed by atoms with Crippen molar-refractivity contribution in [2.45, 2.75) is 24.0 Å². The number of aromatic carboxylic acids is 1. The molecule has 0 heterocycles. The number of hydrogen-bond acceptors (Lipinski definition) is 3. The molecule has 0 aliphatic heterocycles. The smallest absolute Gasteiger partial charge is 0.335 e. The lowest BCUT2D eigenvalue weighted by Gasteiger charge is -2.10. The second-order valence-corrected chi connectivity index (χ2v) is 4.88. The molecule has 0 aliphatic carbocycles. The van der Waals surface area contributed by atoms with E-state index in [0.717, 1.165) is 10.5 Å². The number of aliphatic hydroxyl groups is 1. The number of rotatable bonds is 4. The molecule has 1 atom stereocenters. The largest absolute Gasteiger partial charge is 0.478 e. The fourth-order valence-corrected chi connectivity index (χ4v) is 2.07. The van der Waals surface area contributed by atoms with E-state index in [9.17, 15) is 4.79 Å². The summed E-state index contributed by atoms with van der Waals surface area (Å²) in [6.45, 7) is 3.92. The predicted molar refractivity (Wildman–Crippen MR) is 60.5 cm³/mol. The topological polar surface area (TPSA) is 57.5 Å². The normalized spacial score (nSPS) is 12.5. The standard InChI is InChI=1S/C11H14O3S/c1-7-5-9(11(13)14)3-4-10(7)15-8(2)6-12/h3-5,8,12H,6H2,1-2H3,(H,13,14). The zero-order chi connectivity index (χ0) is 11.4. The highest BCUT2D eigenvalue weighted by atomic mass is 32.2. The van der Waals surface area contributed by atoms with Gasteiger partial charge in [-0.15, -0.1) is 11.8 Å². The molecule has 0 aromatic heterocycles. The maximum Gasteiger partial charge on any atom is 0.335 e. The van der Waals surface area contributed by atoms with Crippen LogP contribution in [-0.4, -0.2) is 28.0 Å². The van der Waals surface area contributed by atoms with Crippen LogP contribution in [0.3, 0.4) is 0 Å². The summed E-state index contributed by atoms with van der Waals surface area (Å²) in [5.41, 5.74) is 1.23. The molecule has 0 saturated heterocycles. The van der Waals surface area contributed by atoms with Crippen LogP contribution in [0.15, 0.2) is 23.1 Å². The molecule has 1 aromatic carbocycles. The molecule has 0 amide bonds. The minimum absolute atomic E-state index is 0.116. The van der Waals surface area contributed by atoms with Crippen molar-refractivity contribution < 1.29 is 15.0 Å². The third-order valence-electron chi connectivity index (χ3n) is 2.01. The van der Waals surface area contributed by atoms with Crippen molar-refractivity contribution in [1.29, 1.82) is 0 Å². The molecule has 1 rings (SSSR count). The molecule has 15 heavy (non-hydrogen) atoms. The Balaban J connectivity index is 2.88. The number of benzene rings is 1. The Morgan fingerprint density at radius 3 is 2.67 bits per heavy atom. The molecule has 4 heteroatoms. The minimum Gasteiger partial charge on any atom is -0.478 e. The molecule has 1 unspecified atom stereocenters. The maximum atomic E-state index is 10.7. The second kappa shape index (κ2) is 5.19. The van der Waals surface area contributed by atoms with E-state index in [4.69, 9.17) is 10.2 Å². The fraction of sp³-hybridized carbons (Fsp3) is 0.364. The summed E-state index contributed by atoms with van der Waals surface area (Å²) < 4.78 is 0. The molecule has 1 aromatic rings. The van der Waals surface area contributed by atoms with Crippen LogP contribution < -0.4 is 0 Å². The van der Waals surface area contributed by atoms with Gasteiger partial charge in [0.05, 0.1) is 12.2 Å². The highest BCUT2D eigenvalue weighted by molar-refractivity contribution is 8.00. The highest BCUT2D eigenvalue weighted by Gasteiger charge is 2.08. The Kier molecular flexibility index (Phi) is 4.17. The average molecular weight is 226 g/mol. The van der Waals surface area contributed by atoms with Gasteiger partial charge < -0.3 is 10.2 Å². The molecular formula is C11H14O3S. The summed E-state index contributed by atoms with van der Waals surface area (Å²) in [4.78, 5) is 11.7. The lowest BCUT2D eigenvalue weighted by molar-refractivity contribution is 0.0696. The number of hydrogen-bond donors (Lipinski definition) is 2. The lowest BCUT2D eigenvalue weighted by atomic mass is 10.1. The molecule has 3 nitrogen and oxygen atoms in total. The predicted octanol–water partition coefficient (Wildman–Crippen LogP) is 2.17. The van der Waals surface area contributed by atoms with Gasteiger partial charge in [0.25, 0.3) is 0 Å². The molecule has 0 fully saturated rings. The molecule has 2 N–H and O–H groups in total. The number of carboxylic acids is 1. The van der Waals surface area contributed by atoms with E-state index in [-0.39, 0.29) is 11.9 Å². The van der Waals surface area contributed by atoms with Crippen LogP contribution >= 0.6 is 11.8 Å². The number of carboxylic acid groups (broad SMARTS) is 1. The summed E-state index contributed by atoms with van der Waals surface area (Å²) in [6, 6.07) is 5.02. The van der Waals surface area contributed by atoms with Gasteiger partial charge >= 0.3 is 5.97 Å². The van der Waals surface area contributed by atoms with Crippen LogP contribution in [0.2, 0.25) is 0 Å². The van der Waals surface area contributed by atoms with Gasteiger partial charge in [-0.3, -0.25) is 0 Å². The van der Waals surface area contributed by atoms with Crippen molar-refractivity contribution in [1.82, 2.24) is 0 Å². The zero-order valence-corrected chi connectivity index (χ0v) is 9.54. The molecule has 0 saturated carbocycles. The first-order chi connectivity index (χ1) is 7.04. The molecule has 82 valence electrons. The van der Waals surface area contributed by atoms with Gasteiger partial charge in [0.2, 0.25) is 0 Å². The lowest BCUT2D eigenvalue weighted by Crippen LogP contribution is -2.03. The van der Waals surface area contributed by atoms with Crippen LogP contribution in [0.4, 0.5) is 0 Å². The van der Waals surface area contributed by atoms with Gasteiger partial charge in [-0.2, -0.15) is 0 Å². The van der Waals surface area contributed by atoms with Crippen LogP contribution in [0.1, 0.15) is 22.8 Å². The monoisotopic (exact) mass is 226 g/mol. The highest BCUT2D eigenvalue weighted by Crippen LogP contribution is 2.26. The van der Waals surface area contributed by atoms with Crippen LogP contribution in [0, 0.1) is 6.92 Å². The Morgan fingerprint density at radius 2 is 2.20 bits per heavy atom. The summed E-state index contributed by atoms with van der Waals surface area (Å²) in [5, 5.41) is 17.8. The van der Waals surface area contributed by atoms with Crippen LogP contribution in [-0.2, 0) is 0 Å². The van der Waals surface area contributed by atoms with Crippen molar-refractivity contribution in [2.24, 2.45) is 0 Å². The molecule has 0 radical (unpaired) electrons. The summed E-state index contributed by atoms with van der Waals surface area (Å²) in [7, 11) is 0. The van der Waals surface area contributed by atoms with Crippen molar-refractivity contribution in [2.75, 3.05) is 6.61 Å². The Bertz CT molecular complexity index is 363. The van der Waals surface area contributed by atoms with Crippen molar-refractivity contribution in [3.8, 4) is 0 Å². The van der Waals surface area contributed by atoms with E-state index in [1.54, 1.807) is 30.0 Å². The van der Waals surface area contributed by atoms with E-state index in [1.165, 1.54) is 0 Å². The third kappa shape index (κ3) is 3.25. The van der Waals surface area contributed by atoms with E-state index < -0.39 is 5.97 Å². The van der Waals surface area contributed by atoms with Crippen molar-refractivity contribution >= 4 is 17.7 Å². The van der Waals surface area contributed by atoms with Gasteiger partial charge in [-0.25, -0.2) is 4.79 Å². The van der Waals surface area contributed by atoms with Gasteiger partial charge in [-0.1, -0.05) is 6.92 Å². The Labute approximate surface area is 93.1 Å². The first-order valence-corrected chi connectivity index (χ1v) is 5.54. The summed E-state index contributed by atoms with van der Waals surface area (Å²) >= 11 is 1.55. The third-order valence-corrected chi connectivity index (χ3v) is 3.27. The van der Waals surface area contributed by atoms with Gasteiger partial charge in [0, 0.05) is 10.1 Å². The number of aryl methyl sites for hydroxylation is 1. The molecule has 0 spiro atoms. The van der Waals surface area contributed by atoms with E-state index in [0.29, 0.717) is 5.56 Å². The van der Waals surface area contributed by atoms with Crippen molar-refractivity contribution in [3.63, 3.8) is 0 Å². The Morgan fingerprint density at radius 1 is 1.53 bits per heavy atom. The molecule has 0 bridgehead atoms. The van der Waals surface area contributed by atoms with Crippen LogP contribution in [0.25, 0.3) is 0 Å². The number of thioether (sulfide) groups is 1.